The zero-order valence-corrected chi connectivity index (χ0v) is 16.2. The Morgan fingerprint density at radius 1 is 1.20 bits per heavy atom. The quantitative estimate of drug-likeness (QED) is 0.477. The summed E-state index contributed by atoms with van der Waals surface area (Å²) in [5.41, 5.74) is 4.87. The fourth-order valence-electron chi connectivity index (χ4n) is 2.82. The lowest BCUT2D eigenvalue weighted by atomic mass is 10.1. The third-order valence-electron chi connectivity index (χ3n) is 4.13. The highest BCUT2D eigenvalue weighted by Gasteiger charge is 2.06. The molecule has 2 aromatic rings. The number of aryl methyl sites for hydroxylation is 4. The Balaban J connectivity index is 1.90. The minimum absolute atomic E-state index is 0.791. The number of aromatic nitrogens is 2. The van der Waals surface area contributed by atoms with Gasteiger partial charge in [0.1, 0.15) is 0 Å². The van der Waals surface area contributed by atoms with Crippen LogP contribution in [-0.2, 0) is 13.1 Å². The number of benzene rings is 1. The lowest BCUT2D eigenvalue weighted by molar-refractivity contribution is 0.474. The smallest absolute Gasteiger partial charge is 0.193 e. The van der Waals surface area contributed by atoms with E-state index in [-0.39, 0.29) is 0 Å². The first-order valence-electron chi connectivity index (χ1n) is 9.05. The van der Waals surface area contributed by atoms with Crippen molar-refractivity contribution in [3.8, 4) is 0 Å². The van der Waals surface area contributed by atoms with E-state index in [4.69, 9.17) is 4.99 Å². The van der Waals surface area contributed by atoms with Gasteiger partial charge in [0, 0.05) is 38.9 Å². The number of hydrogen-bond donors (Lipinski definition) is 1. The van der Waals surface area contributed by atoms with Crippen LogP contribution in [0.3, 0.4) is 0 Å². The third kappa shape index (κ3) is 5.93. The van der Waals surface area contributed by atoms with E-state index < -0.39 is 0 Å². The van der Waals surface area contributed by atoms with Gasteiger partial charge in [0.2, 0.25) is 0 Å². The van der Waals surface area contributed by atoms with Crippen LogP contribution in [0.4, 0.5) is 0 Å². The molecule has 1 aromatic heterocycles. The number of rotatable bonds is 7. The van der Waals surface area contributed by atoms with E-state index in [0.717, 1.165) is 44.3 Å². The number of hydrogen-bond acceptors (Lipinski definition) is 2. The van der Waals surface area contributed by atoms with Gasteiger partial charge in [-0.3, -0.25) is 9.67 Å². The van der Waals surface area contributed by atoms with Gasteiger partial charge in [0.25, 0.3) is 0 Å². The zero-order valence-electron chi connectivity index (χ0n) is 16.2. The molecule has 1 aromatic carbocycles. The van der Waals surface area contributed by atoms with Crippen LogP contribution in [0, 0.1) is 20.8 Å². The van der Waals surface area contributed by atoms with Crippen molar-refractivity contribution in [1.82, 2.24) is 20.0 Å². The molecule has 0 fully saturated rings. The predicted molar refractivity (Wildman–Crippen MR) is 105 cm³/mol. The van der Waals surface area contributed by atoms with Crippen molar-refractivity contribution >= 4 is 5.96 Å². The van der Waals surface area contributed by atoms with Crippen LogP contribution >= 0.6 is 0 Å². The van der Waals surface area contributed by atoms with Gasteiger partial charge in [-0.1, -0.05) is 29.8 Å². The summed E-state index contributed by atoms with van der Waals surface area (Å²) < 4.78 is 2.06. The van der Waals surface area contributed by atoms with E-state index in [1.165, 1.54) is 16.8 Å². The summed E-state index contributed by atoms with van der Waals surface area (Å²) >= 11 is 0. The first kappa shape index (κ1) is 19.0. The number of aliphatic imine (C=N–C) groups is 1. The standard InChI is InChI=1S/C20H31N5/c1-6-21-20(24(5)15-19-10-8-16(2)9-11-19)22-12-7-13-25-18(4)14-17(3)23-25/h8-11,14H,6-7,12-13,15H2,1-5H3,(H,21,22). The van der Waals surface area contributed by atoms with Gasteiger partial charge in [0.15, 0.2) is 5.96 Å². The summed E-state index contributed by atoms with van der Waals surface area (Å²) in [6.45, 7) is 11.8. The van der Waals surface area contributed by atoms with Crippen LogP contribution in [0.25, 0.3) is 0 Å². The second kappa shape index (κ2) is 9.25. The van der Waals surface area contributed by atoms with E-state index in [1.54, 1.807) is 0 Å². The van der Waals surface area contributed by atoms with Crippen LogP contribution in [0.1, 0.15) is 35.9 Å². The molecule has 5 heteroatoms. The number of guanidine groups is 1. The zero-order chi connectivity index (χ0) is 18.2. The lowest BCUT2D eigenvalue weighted by Gasteiger charge is -2.22. The average molecular weight is 342 g/mol. The molecule has 0 aliphatic rings. The minimum Gasteiger partial charge on any atom is -0.357 e. The van der Waals surface area contributed by atoms with Crippen molar-refractivity contribution in [2.24, 2.45) is 4.99 Å². The molecule has 2 rings (SSSR count). The van der Waals surface area contributed by atoms with E-state index in [9.17, 15) is 0 Å². The predicted octanol–water partition coefficient (Wildman–Crippen LogP) is 3.30. The molecule has 5 nitrogen and oxygen atoms in total. The monoisotopic (exact) mass is 341 g/mol. The largest absolute Gasteiger partial charge is 0.357 e. The van der Waals surface area contributed by atoms with Gasteiger partial charge in [0.05, 0.1) is 5.69 Å². The molecule has 0 amide bonds. The first-order valence-corrected chi connectivity index (χ1v) is 9.05. The van der Waals surface area contributed by atoms with Gasteiger partial charge in [-0.15, -0.1) is 0 Å². The number of nitrogens with one attached hydrogen (secondary N) is 1. The van der Waals surface area contributed by atoms with Crippen molar-refractivity contribution in [3.63, 3.8) is 0 Å². The summed E-state index contributed by atoms with van der Waals surface area (Å²) in [6, 6.07) is 10.8. The van der Waals surface area contributed by atoms with E-state index in [0.29, 0.717) is 0 Å². The summed E-state index contributed by atoms with van der Waals surface area (Å²) in [5, 5.41) is 7.89. The van der Waals surface area contributed by atoms with E-state index >= 15 is 0 Å². The molecule has 0 atom stereocenters. The molecule has 0 saturated carbocycles. The molecular formula is C20H31N5. The molecule has 136 valence electrons. The topological polar surface area (TPSA) is 45.5 Å². The highest BCUT2D eigenvalue weighted by molar-refractivity contribution is 5.79. The molecule has 1 N–H and O–H groups in total. The molecule has 0 radical (unpaired) electrons. The Hall–Kier alpha value is -2.30. The summed E-state index contributed by atoms with van der Waals surface area (Å²) in [6.07, 6.45) is 0.981. The highest BCUT2D eigenvalue weighted by Crippen LogP contribution is 2.06. The summed E-state index contributed by atoms with van der Waals surface area (Å²) in [4.78, 5) is 6.95. The Morgan fingerprint density at radius 2 is 1.92 bits per heavy atom. The van der Waals surface area contributed by atoms with Gasteiger partial charge < -0.3 is 10.2 Å². The lowest BCUT2D eigenvalue weighted by Crippen LogP contribution is -2.38. The van der Waals surface area contributed by atoms with Crippen LogP contribution < -0.4 is 5.32 Å². The molecule has 25 heavy (non-hydrogen) atoms. The Kier molecular flexibility index (Phi) is 7.04. The fraction of sp³-hybridized carbons (Fsp3) is 0.500. The SMILES string of the molecule is CCNC(=NCCCn1nc(C)cc1C)N(C)Cc1ccc(C)cc1. The molecule has 0 bridgehead atoms. The summed E-state index contributed by atoms with van der Waals surface area (Å²) in [5.74, 6) is 0.955. The van der Waals surface area contributed by atoms with Gasteiger partial charge >= 0.3 is 0 Å². The maximum Gasteiger partial charge on any atom is 0.193 e. The Labute approximate surface area is 151 Å². The second-order valence-corrected chi connectivity index (χ2v) is 6.58. The van der Waals surface area contributed by atoms with Gasteiger partial charge in [-0.2, -0.15) is 5.10 Å². The average Bonchev–Trinajstić information content (AvgIpc) is 2.90. The van der Waals surface area contributed by atoms with Crippen molar-refractivity contribution in [3.05, 3.63) is 52.8 Å². The second-order valence-electron chi connectivity index (χ2n) is 6.58. The highest BCUT2D eigenvalue weighted by atomic mass is 15.3. The molecule has 0 aliphatic heterocycles. The Bertz CT molecular complexity index is 685. The van der Waals surface area contributed by atoms with Crippen LogP contribution in [0.2, 0.25) is 0 Å². The summed E-state index contributed by atoms with van der Waals surface area (Å²) in [7, 11) is 2.09. The van der Waals surface area contributed by atoms with Gasteiger partial charge in [-0.05, 0) is 45.7 Å². The van der Waals surface area contributed by atoms with Crippen LogP contribution in [0.5, 0.6) is 0 Å². The van der Waals surface area contributed by atoms with Crippen molar-refractivity contribution in [2.75, 3.05) is 20.1 Å². The molecule has 1 heterocycles. The van der Waals surface area contributed by atoms with E-state index in [1.807, 2.05) is 6.92 Å². The van der Waals surface area contributed by atoms with Crippen molar-refractivity contribution in [1.29, 1.82) is 0 Å². The van der Waals surface area contributed by atoms with E-state index in [2.05, 4.69) is 78.1 Å². The molecule has 0 saturated heterocycles. The van der Waals surface area contributed by atoms with Crippen LogP contribution in [0.15, 0.2) is 35.3 Å². The Morgan fingerprint density at radius 3 is 2.52 bits per heavy atom. The molecule has 0 aliphatic carbocycles. The van der Waals surface area contributed by atoms with Gasteiger partial charge in [-0.25, -0.2) is 0 Å². The molecule has 0 unspecified atom stereocenters. The third-order valence-corrected chi connectivity index (χ3v) is 4.13. The minimum atomic E-state index is 0.791. The fourth-order valence-corrected chi connectivity index (χ4v) is 2.82. The molecular weight excluding hydrogens is 310 g/mol. The maximum atomic E-state index is 4.77. The van der Waals surface area contributed by atoms with Crippen molar-refractivity contribution < 1.29 is 0 Å². The molecule has 0 spiro atoms. The van der Waals surface area contributed by atoms with Crippen molar-refractivity contribution in [2.45, 2.75) is 47.2 Å². The van der Waals surface area contributed by atoms with Crippen LogP contribution in [-0.4, -0.2) is 40.8 Å². The normalized spacial score (nSPS) is 11.6. The first-order chi connectivity index (χ1) is 12.0. The number of nitrogens with zero attached hydrogens (tertiary/aromatic N) is 4. The maximum absolute atomic E-state index is 4.77.